The molecule has 0 saturated heterocycles. The van der Waals surface area contributed by atoms with Crippen molar-refractivity contribution in [3.63, 3.8) is 0 Å². The van der Waals surface area contributed by atoms with Crippen LogP contribution >= 0.6 is 0 Å². The first kappa shape index (κ1) is 12.8. The summed E-state index contributed by atoms with van der Waals surface area (Å²) in [4.78, 5) is 11.4. The van der Waals surface area contributed by atoms with Crippen molar-refractivity contribution < 1.29 is 9.53 Å². The zero-order valence-electron chi connectivity index (χ0n) is 10.1. The van der Waals surface area contributed by atoms with Crippen molar-refractivity contribution >= 4 is 11.6 Å². The van der Waals surface area contributed by atoms with Crippen LogP contribution in [0.15, 0.2) is 18.2 Å². The fourth-order valence-corrected chi connectivity index (χ4v) is 1.40. The minimum Gasteiger partial charge on any atom is -0.495 e. The van der Waals surface area contributed by atoms with Gasteiger partial charge in [-0.3, -0.25) is 4.79 Å². The summed E-state index contributed by atoms with van der Waals surface area (Å²) in [5.74, 6) is 0.427. The molecule has 1 amide bonds. The van der Waals surface area contributed by atoms with Gasteiger partial charge in [-0.05, 0) is 19.1 Å². The first-order chi connectivity index (χ1) is 8.12. The highest BCUT2D eigenvalue weighted by molar-refractivity contribution is 5.84. The summed E-state index contributed by atoms with van der Waals surface area (Å²) in [7, 11) is 3.10. The molecule has 0 aliphatic heterocycles. The van der Waals surface area contributed by atoms with E-state index in [1.165, 1.54) is 7.11 Å². The van der Waals surface area contributed by atoms with E-state index in [0.717, 1.165) is 0 Å². The number of benzene rings is 1. The zero-order chi connectivity index (χ0) is 12.8. The molecule has 1 atom stereocenters. The van der Waals surface area contributed by atoms with Crippen molar-refractivity contribution in [1.82, 2.24) is 5.32 Å². The molecule has 0 aliphatic carbocycles. The third-order valence-corrected chi connectivity index (χ3v) is 2.34. The van der Waals surface area contributed by atoms with Gasteiger partial charge < -0.3 is 15.4 Å². The van der Waals surface area contributed by atoms with Gasteiger partial charge in [0.2, 0.25) is 5.91 Å². The Bertz CT molecular complexity index is 452. The lowest BCUT2D eigenvalue weighted by molar-refractivity contribution is -0.121. The van der Waals surface area contributed by atoms with E-state index in [2.05, 4.69) is 10.6 Å². The van der Waals surface area contributed by atoms with Crippen molar-refractivity contribution in [3.05, 3.63) is 23.8 Å². The fourth-order valence-electron chi connectivity index (χ4n) is 1.40. The Balaban J connectivity index is 2.91. The Morgan fingerprint density at radius 3 is 2.76 bits per heavy atom. The number of likely N-dealkylation sites (N-methyl/N-ethyl adjacent to an activating group) is 1. The third-order valence-electron chi connectivity index (χ3n) is 2.34. The molecule has 17 heavy (non-hydrogen) atoms. The Labute approximate surface area is 100 Å². The quantitative estimate of drug-likeness (QED) is 0.817. The number of carbonyl (C=O) groups is 1. The van der Waals surface area contributed by atoms with Crippen LogP contribution in [-0.2, 0) is 4.79 Å². The van der Waals surface area contributed by atoms with Crippen molar-refractivity contribution in [3.8, 4) is 11.8 Å². The van der Waals surface area contributed by atoms with Crippen LogP contribution in [-0.4, -0.2) is 26.1 Å². The van der Waals surface area contributed by atoms with Crippen LogP contribution in [0.1, 0.15) is 12.5 Å². The monoisotopic (exact) mass is 233 g/mol. The van der Waals surface area contributed by atoms with E-state index in [-0.39, 0.29) is 11.9 Å². The van der Waals surface area contributed by atoms with E-state index in [1.807, 2.05) is 6.07 Å². The summed E-state index contributed by atoms with van der Waals surface area (Å²) in [5, 5.41) is 14.3. The molecule has 1 aromatic carbocycles. The van der Waals surface area contributed by atoms with Gasteiger partial charge in [-0.15, -0.1) is 0 Å². The Morgan fingerprint density at radius 1 is 1.53 bits per heavy atom. The van der Waals surface area contributed by atoms with Gasteiger partial charge >= 0.3 is 0 Å². The minimum atomic E-state index is -0.373. The summed E-state index contributed by atoms with van der Waals surface area (Å²) in [5.41, 5.74) is 1.20. The second-order valence-corrected chi connectivity index (χ2v) is 3.51. The molecule has 0 aliphatic rings. The number of rotatable bonds is 4. The maximum absolute atomic E-state index is 11.4. The van der Waals surface area contributed by atoms with Gasteiger partial charge in [0.15, 0.2) is 0 Å². The smallest absolute Gasteiger partial charge is 0.241 e. The number of ether oxygens (including phenoxy) is 1. The zero-order valence-corrected chi connectivity index (χ0v) is 10.1. The molecular formula is C12H15N3O2. The van der Waals surface area contributed by atoms with Crippen molar-refractivity contribution in [2.75, 3.05) is 19.5 Å². The number of methoxy groups -OCH3 is 1. The predicted molar refractivity (Wildman–Crippen MR) is 64.9 cm³/mol. The van der Waals surface area contributed by atoms with Crippen molar-refractivity contribution in [1.29, 1.82) is 5.26 Å². The molecule has 0 heterocycles. The van der Waals surface area contributed by atoms with Gasteiger partial charge in [0.25, 0.3) is 0 Å². The van der Waals surface area contributed by atoms with Gasteiger partial charge in [0, 0.05) is 13.1 Å². The Hall–Kier alpha value is -2.22. The normalized spacial score (nSPS) is 11.2. The molecule has 0 saturated carbocycles. The molecule has 0 fully saturated rings. The van der Waals surface area contributed by atoms with Crippen LogP contribution in [0.25, 0.3) is 0 Å². The summed E-state index contributed by atoms with van der Waals surface area (Å²) < 4.78 is 5.16. The van der Waals surface area contributed by atoms with Gasteiger partial charge in [-0.25, -0.2) is 0 Å². The molecule has 0 spiro atoms. The first-order valence-corrected chi connectivity index (χ1v) is 5.18. The summed E-state index contributed by atoms with van der Waals surface area (Å²) in [6, 6.07) is 6.67. The predicted octanol–water partition coefficient (Wildman–Crippen LogP) is 1.11. The third kappa shape index (κ3) is 3.11. The maximum atomic E-state index is 11.4. The van der Waals surface area contributed by atoms with Crippen LogP contribution in [0.2, 0.25) is 0 Å². The fraction of sp³-hybridized carbons (Fsp3) is 0.333. The largest absolute Gasteiger partial charge is 0.495 e. The lowest BCUT2D eigenvalue weighted by atomic mass is 10.2. The number of nitrogens with one attached hydrogen (secondary N) is 2. The first-order valence-electron chi connectivity index (χ1n) is 5.18. The van der Waals surface area contributed by atoms with E-state index >= 15 is 0 Å². The van der Waals surface area contributed by atoms with Crippen molar-refractivity contribution in [2.24, 2.45) is 0 Å². The number of carbonyl (C=O) groups excluding carboxylic acids is 1. The molecule has 1 rings (SSSR count). The van der Waals surface area contributed by atoms with Gasteiger partial charge in [0.05, 0.1) is 24.4 Å². The highest BCUT2D eigenvalue weighted by atomic mass is 16.5. The van der Waals surface area contributed by atoms with E-state index in [1.54, 1.807) is 32.2 Å². The van der Waals surface area contributed by atoms with Crippen LogP contribution in [0.3, 0.4) is 0 Å². The number of nitrogens with zero attached hydrogens (tertiary/aromatic N) is 1. The summed E-state index contributed by atoms with van der Waals surface area (Å²) in [6.07, 6.45) is 0. The average Bonchev–Trinajstić information content (AvgIpc) is 2.37. The van der Waals surface area contributed by atoms with Crippen LogP contribution in [0, 0.1) is 11.3 Å². The van der Waals surface area contributed by atoms with Crippen LogP contribution < -0.4 is 15.4 Å². The molecule has 5 nitrogen and oxygen atoms in total. The van der Waals surface area contributed by atoms with Crippen molar-refractivity contribution in [2.45, 2.75) is 13.0 Å². The Kier molecular flexibility index (Phi) is 4.35. The van der Waals surface area contributed by atoms with Gasteiger partial charge in [0.1, 0.15) is 11.8 Å². The number of anilines is 1. The van der Waals surface area contributed by atoms with E-state index in [0.29, 0.717) is 17.0 Å². The Morgan fingerprint density at radius 2 is 2.24 bits per heavy atom. The van der Waals surface area contributed by atoms with E-state index in [9.17, 15) is 4.79 Å². The highest BCUT2D eigenvalue weighted by Gasteiger charge is 2.13. The summed E-state index contributed by atoms with van der Waals surface area (Å²) in [6.45, 7) is 1.75. The molecule has 0 bridgehead atoms. The van der Waals surface area contributed by atoms with Crippen LogP contribution in [0.4, 0.5) is 5.69 Å². The molecule has 1 unspecified atom stereocenters. The topological polar surface area (TPSA) is 74.2 Å². The molecule has 0 aromatic heterocycles. The molecule has 0 radical (unpaired) electrons. The maximum Gasteiger partial charge on any atom is 0.241 e. The second-order valence-electron chi connectivity index (χ2n) is 3.51. The molecule has 2 N–H and O–H groups in total. The molecule has 5 heteroatoms. The molecule has 1 aromatic rings. The minimum absolute atomic E-state index is 0.114. The number of hydrogen-bond donors (Lipinski definition) is 2. The molecular weight excluding hydrogens is 218 g/mol. The van der Waals surface area contributed by atoms with Crippen LogP contribution in [0.5, 0.6) is 5.75 Å². The number of hydrogen-bond acceptors (Lipinski definition) is 4. The highest BCUT2D eigenvalue weighted by Crippen LogP contribution is 2.25. The summed E-state index contributed by atoms with van der Waals surface area (Å²) >= 11 is 0. The van der Waals surface area contributed by atoms with Gasteiger partial charge in [-0.1, -0.05) is 0 Å². The number of amides is 1. The second kappa shape index (κ2) is 5.75. The van der Waals surface area contributed by atoms with E-state index in [4.69, 9.17) is 10.00 Å². The lowest BCUT2D eigenvalue weighted by Crippen LogP contribution is -2.35. The average molecular weight is 233 g/mol. The number of nitriles is 1. The van der Waals surface area contributed by atoms with Gasteiger partial charge in [-0.2, -0.15) is 5.26 Å². The molecule has 90 valence electrons. The SMILES string of the molecule is CNC(=O)C(C)Nc1ccc(C#N)cc1OC. The lowest BCUT2D eigenvalue weighted by Gasteiger charge is -2.16. The van der Waals surface area contributed by atoms with E-state index < -0.39 is 0 Å². The standard InChI is InChI=1S/C12H15N3O2/c1-8(12(16)14-2)15-10-5-4-9(7-13)6-11(10)17-3/h4-6,8,15H,1-3H3,(H,14,16).